The van der Waals surface area contributed by atoms with Gasteiger partial charge in [0.1, 0.15) is 11.8 Å². The van der Waals surface area contributed by atoms with Gasteiger partial charge in [0.25, 0.3) is 0 Å². The second-order valence-electron chi connectivity index (χ2n) is 6.97. The molecule has 2 unspecified atom stereocenters. The molecule has 8 heteroatoms. The second kappa shape index (κ2) is 7.02. The van der Waals surface area contributed by atoms with E-state index >= 15 is 0 Å². The Hall–Kier alpha value is -2.90. The van der Waals surface area contributed by atoms with Crippen LogP contribution in [0.25, 0.3) is 0 Å². The van der Waals surface area contributed by atoms with Gasteiger partial charge in [-0.25, -0.2) is 0 Å². The van der Waals surface area contributed by atoms with E-state index in [1.165, 1.54) is 0 Å². The molecule has 2 aliphatic heterocycles. The molecule has 0 bridgehead atoms. The quantitative estimate of drug-likeness (QED) is 0.819. The molecule has 0 aliphatic carbocycles. The Kier molecular flexibility index (Phi) is 4.55. The van der Waals surface area contributed by atoms with E-state index in [1.807, 2.05) is 24.3 Å². The number of likely N-dealkylation sites (tertiary alicyclic amines) is 1. The van der Waals surface area contributed by atoms with Crippen LogP contribution in [0.1, 0.15) is 37.0 Å². The topological polar surface area (TPSA) is 88.8 Å². The average molecular weight is 370 g/mol. The Labute approximate surface area is 157 Å². The number of hydrogen-bond acceptors (Lipinski definition) is 6. The molecular weight excluding hydrogens is 348 g/mol. The van der Waals surface area contributed by atoms with Crippen LogP contribution in [-0.2, 0) is 9.59 Å². The first-order chi connectivity index (χ1) is 13.1. The van der Waals surface area contributed by atoms with Gasteiger partial charge >= 0.3 is 0 Å². The third kappa shape index (κ3) is 3.27. The van der Waals surface area contributed by atoms with Gasteiger partial charge in [0.05, 0.1) is 13.0 Å². The van der Waals surface area contributed by atoms with Gasteiger partial charge in [-0.15, -0.1) is 0 Å². The van der Waals surface area contributed by atoms with E-state index in [1.54, 1.807) is 23.8 Å². The zero-order valence-corrected chi connectivity index (χ0v) is 15.4. The third-order valence-corrected chi connectivity index (χ3v) is 5.22. The number of nitrogens with zero attached hydrogens (tertiary/aromatic N) is 4. The van der Waals surface area contributed by atoms with Crippen molar-refractivity contribution in [1.29, 1.82) is 0 Å². The van der Waals surface area contributed by atoms with E-state index in [4.69, 9.17) is 9.26 Å². The van der Waals surface area contributed by atoms with E-state index in [2.05, 4.69) is 10.1 Å². The summed E-state index contributed by atoms with van der Waals surface area (Å²) in [6.45, 7) is 2.80. The third-order valence-electron chi connectivity index (χ3n) is 5.22. The van der Waals surface area contributed by atoms with Crippen molar-refractivity contribution in [2.45, 2.75) is 32.2 Å². The molecule has 27 heavy (non-hydrogen) atoms. The fourth-order valence-electron chi connectivity index (χ4n) is 3.85. The smallest absolute Gasteiger partial charge is 0.249 e. The molecule has 0 saturated carbocycles. The molecule has 142 valence electrons. The number of carbonyl (C=O) groups excluding carboxylic acids is 2. The van der Waals surface area contributed by atoms with E-state index in [0.29, 0.717) is 24.8 Å². The number of anilines is 1. The largest absolute Gasteiger partial charge is 0.497 e. The van der Waals surface area contributed by atoms with Crippen molar-refractivity contribution in [3.05, 3.63) is 36.0 Å². The first-order valence-electron chi connectivity index (χ1n) is 9.12. The van der Waals surface area contributed by atoms with E-state index in [0.717, 1.165) is 24.3 Å². The summed E-state index contributed by atoms with van der Waals surface area (Å²) in [4.78, 5) is 33.3. The van der Waals surface area contributed by atoms with Crippen molar-refractivity contribution >= 4 is 17.5 Å². The molecule has 0 N–H and O–H groups in total. The number of aromatic nitrogens is 2. The van der Waals surface area contributed by atoms with E-state index in [-0.39, 0.29) is 30.2 Å². The zero-order valence-electron chi connectivity index (χ0n) is 15.4. The highest BCUT2D eigenvalue weighted by Crippen LogP contribution is 2.35. The van der Waals surface area contributed by atoms with Crippen molar-refractivity contribution in [3.8, 4) is 5.75 Å². The molecule has 1 aromatic heterocycles. The zero-order chi connectivity index (χ0) is 19.0. The second-order valence-corrected chi connectivity index (χ2v) is 6.97. The fraction of sp³-hybridized carbons (Fsp3) is 0.474. The molecule has 3 heterocycles. The van der Waals surface area contributed by atoms with E-state index < -0.39 is 0 Å². The number of methoxy groups -OCH3 is 1. The Morgan fingerprint density at radius 1 is 1.30 bits per heavy atom. The monoisotopic (exact) mass is 370 g/mol. The summed E-state index contributed by atoms with van der Waals surface area (Å²) in [6, 6.07) is 7.11. The van der Waals surface area contributed by atoms with Crippen LogP contribution in [0.5, 0.6) is 5.75 Å². The summed E-state index contributed by atoms with van der Waals surface area (Å²) < 4.78 is 10.4. The van der Waals surface area contributed by atoms with Gasteiger partial charge < -0.3 is 19.1 Å². The summed E-state index contributed by atoms with van der Waals surface area (Å²) in [6.07, 6.45) is 1.91. The molecule has 2 aromatic rings. The lowest BCUT2D eigenvalue weighted by atomic mass is 10.1. The number of ether oxygens (including phenoxy) is 1. The van der Waals surface area contributed by atoms with Crippen LogP contribution in [0.3, 0.4) is 0 Å². The van der Waals surface area contributed by atoms with E-state index in [9.17, 15) is 9.59 Å². The lowest BCUT2D eigenvalue weighted by molar-refractivity contribution is -0.137. The van der Waals surface area contributed by atoms with Crippen molar-refractivity contribution in [1.82, 2.24) is 15.0 Å². The molecule has 2 atom stereocenters. The highest BCUT2D eigenvalue weighted by Gasteiger charge is 2.42. The number of amides is 2. The van der Waals surface area contributed by atoms with Gasteiger partial charge in [0.2, 0.25) is 17.7 Å². The van der Waals surface area contributed by atoms with Gasteiger partial charge in [-0.05, 0) is 44.0 Å². The minimum Gasteiger partial charge on any atom is -0.497 e. The van der Waals surface area contributed by atoms with Crippen LogP contribution in [0.4, 0.5) is 5.69 Å². The summed E-state index contributed by atoms with van der Waals surface area (Å²) in [5.41, 5.74) is 0.779. The Morgan fingerprint density at radius 2 is 2.07 bits per heavy atom. The molecular formula is C19H22N4O4. The lowest BCUT2D eigenvalue weighted by Crippen LogP contribution is -2.37. The predicted octanol–water partition coefficient (Wildman–Crippen LogP) is 2.10. The molecule has 2 saturated heterocycles. The van der Waals surface area contributed by atoms with Crippen LogP contribution in [-0.4, -0.2) is 47.1 Å². The van der Waals surface area contributed by atoms with Crippen molar-refractivity contribution in [2.75, 3.05) is 25.1 Å². The Balaban J connectivity index is 1.48. The first kappa shape index (κ1) is 17.5. The minimum atomic E-state index is -0.357. The molecule has 1 aromatic carbocycles. The number of rotatable bonds is 4. The lowest BCUT2D eigenvalue weighted by Gasteiger charge is -2.25. The average Bonchev–Trinajstić information content (AvgIpc) is 3.40. The summed E-state index contributed by atoms with van der Waals surface area (Å²) in [7, 11) is 1.60. The highest BCUT2D eigenvalue weighted by molar-refractivity contribution is 6.00. The molecule has 0 radical (unpaired) electrons. The maximum absolute atomic E-state index is 13.1. The fourth-order valence-corrected chi connectivity index (χ4v) is 3.85. The number of benzene rings is 1. The molecule has 2 aliphatic rings. The van der Waals surface area contributed by atoms with Crippen LogP contribution in [0.2, 0.25) is 0 Å². The molecule has 8 nitrogen and oxygen atoms in total. The summed E-state index contributed by atoms with van der Waals surface area (Å²) >= 11 is 0. The van der Waals surface area contributed by atoms with Gasteiger partial charge in [-0.1, -0.05) is 5.16 Å². The highest BCUT2D eigenvalue weighted by atomic mass is 16.5. The standard InChI is InChI=1S/C19H22N4O4/c1-12-20-18(27-21-12)16-4-3-9-22(16)19(25)13-10-17(24)23(11-13)14-5-7-15(26-2)8-6-14/h5-8,13,16H,3-4,9-11H2,1-2H3. The molecule has 0 spiro atoms. The number of hydrogen-bond donors (Lipinski definition) is 0. The van der Waals surface area contributed by atoms with Crippen LogP contribution >= 0.6 is 0 Å². The van der Waals surface area contributed by atoms with Crippen molar-refractivity contribution < 1.29 is 18.8 Å². The molecule has 4 rings (SSSR count). The predicted molar refractivity (Wildman–Crippen MR) is 96.2 cm³/mol. The van der Waals surface area contributed by atoms with Crippen LogP contribution < -0.4 is 9.64 Å². The first-order valence-corrected chi connectivity index (χ1v) is 9.12. The van der Waals surface area contributed by atoms with Gasteiger partial charge in [-0.2, -0.15) is 4.98 Å². The SMILES string of the molecule is COc1ccc(N2CC(C(=O)N3CCCC3c3nc(C)no3)CC2=O)cc1. The van der Waals surface area contributed by atoms with Gasteiger partial charge in [0.15, 0.2) is 5.82 Å². The molecule has 2 amide bonds. The van der Waals surface area contributed by atoms with Gasteiger partial charge in [-0.3, -0.25) is 9.59 Å². The summed E-state index contributed by atoms with van der Waals surface area (Å²) in [5, 5.41) is 3.83. The maximum Gasteiger partial charge on any atom is 0.249 e. The van der Waals surface area contributed by atoms with Crippen molar-refractivity contribution in [3.63, 3.8) is 0 Å². The van der Waals surface area contributed by atoms with Crippen LogP contribution in [0, 0.1) is 12.8 Å². The van der Waals surface area contributed by atoms with Crippen molar-refractivity contribution in [2.24, 2.45) is 5.92 Å². The number of aryl methyl sites for hydroxylation is 1. The normalized spacial score (nSPS) is 22.5. The Bertz CT molecular complexity index is 848. The maximum atomic E-state index is 13.1. The molecule has 2 fully saturated rings. The Morgan fingerprint density at radius 3 is 2.74 bits per heavy atom. The minimum absolute atomic E-state index is 0.0160. The summed E-state index contributed by atoms with van der Waals surface area (Å²) in [5.74, 6) is 1.36. The van der Waals surface area contributed by atoms with Gasteiger partial charge in [0, 0.05) is 25.2 Å². The number of carbonyl (C=O) groups is 2. The van der Waals surface area contributed by atoms with Crippen LogP contribution in [0.15, 0.2) is 28.8 Å².